The maximum absolute atomic E-state index is 9.26. The summed E-state index contributed by atoms with van der Waals surface area (Å²) in [6, 6.07) is 4.44. The van der Waals surface area contributed by atoms with Gasteiger partial charge in [-0.05, 0) is 26.3 Å². The molecule has 0 spiro atoms. The third-order valence-corrected chi connectivity index (χ3v) is 5.30. The Hall–Kier alpha value is -3.52. The number of nitriles is 2. The van der Waals surface area contributed by atoms with Crippen molar-refractivity contribution >= 4 is 5.52 Å². The number of fused-ring (bicyclic) bond motifs is 1. The predicted octanol–water partition coefficient (Wildman–Crippen LogP) is 2.50. The lowest BCUT2D eigenvalue weighted by Gasteiger charge is -2.13. The minimum absolute atomic E-state index is 0.175. The molecule has 4 rings (SSSR count). The number of aromatic nitrogens is 4. The van der Waals surface area contributed by atoms with Crippen LogP contribution in [0.2, 0.25) is 0 Å². The first-order valence-electron chi connectivity index (χ1n) is 8.73. The summed E-state index contributed by atoms with van der Waals surface area (Å²) in [4.78, 5) is 1.80. The molecule has 2 atom stereocenters. The van der Waals surface area contributed by atoms with Crippen LogP contribution in [-0.2, 0) is 0 Å². The number of hydrogen-bond donors (Lipinski definition) is 0. The van der Waals surface area contributed by atoms with E-state index in [1.54, 1.807) is 16.5 Å². The minimum Gasteiger partial charge on any atom is -0.494 e. The van der Waals surface area contributed by atoms with Gasteiger partial charge in [-0.15, -0.1) is 0 Å². The molecule has 8 heteroatoms. The monoisotopic (exact) mass is 361 g/mol. The van der Waals surface area contributed by atoms with Gasteiger partial charge in [0.1, 0.15) is 22.9 Å². The van der Waals surface area contributed by atoms with Gasteiger partial charge in [0.05, 0.1) is 32.1 Å². The molecule has 1 aliphatic heterocycles. The minimum atomic E-state index is 0.175. The molecule has 8 nitrogen and oxygen atoms in total. The van der Waals surface area contributed by atoms with Crippen molar-refractivity contribution in [3.63, 3.8) is 0 Å². The fourth-order valence-electron chi connectivity index (χ4n) is 3.86. The van der Waals surface area contributed by atoms with E-state index in [-0.39, 0.29) is 12.1 Å². The van der Waals surface area contributed by atoms with Gasteiger partial charge in [0.15, 0.2) is 6.19 Å². The number of hydrogen-bond acceptors (Lipinski definition) is 6. The quantitative estimate of drug-likeness (QED) is 0.665. The van der Waals surface area contributed by atoms with E-state index in [9.17, 15) is 10.5 Å². The summed E-state index contributed by atoms with van der Waals surface area (Å²) in [6.45, 7) is 4.77. The van der Waals surface area contributed by atoms with Gasteiger partial charge in [-0.1, -0.05) is 0 Å². The number of rotatable bonds is 3. The van der Waals surface area contributed by atoms with E-state index < -0.39 is 0 Å². The highest BCUT2D eigenvalue weighted by Crippen LogP contribution is 2.34. The van der Waals surface area contributed by atoms with Gasteiger partial charge in [0.2, 0.25) is 0 Å². The lowest BCUT2D eigenvalue weighted by Crippen LogP contribution is -2.21. The molecule has 0 N–H and O–H groups in total. The van der Waals surface area contributed by atoms with Crippen LogP contribution in [0, 0.1) is 29.7 Å². The normalized spacial score (nSPS) is 19.2. The van der Waals surface area contributed by atoms with E-state index >= 15 is 0 Å². The van der Waals surface area contributed by atoms with Crippen LogP contribution in [0.1, 0.15) is 30.6 Å². The molecule has 0 unspecified atom stereocenters. The van der Waals surface area contributed by atoms with E-state index in [1.807, 2.05) is 30.1 Å². The standard InChI is InChI=1S/C19H19N7O/c1-12-4-16(10-24(12)11-21)26-13(2)17(8-23-26)14-5-18(27-3)19-15(6-20)7-22-25(19)9-14/h5,7-9,12,16H,4,10H2,1-3H3/t12-,16-/m1/s1. The van der Waals surface area contributed by atoms with Crippen LogP contribution in [0.25, 0.3) is 16.6 Å². The second kappa shape index (κ2) is 6.33. The van der Waals surface area contributed by atoms with E-state index in [0.29, 0.717) is 23.4 Å². The maximum atomic E-state index is 9.26. The van der Waals surface area contributed by atoms with Crippen LogP contribution in [-0.4, -0.2) is 44.0 Å². The Labute approximate surface area is 156 Å². The van der Waals surface area contributed by atoms with Gasteiger partial charge in [-0.25, -0.2) is 4.52 Å². The van der Waals surface area contributed by atoms with Crippen molar-refractivity contribution in [2.24, 2.45) is 0 Å². The largest absolute Gasteiger partial charge is 0.494 e. The van der Waals surface area contributed by atoms with Gasteiger partial charge in [0, 0.05) is 29.1 Å². The number of likely N-dealkylation sites (tertiary alicyclic amines) is 1. The Balaban J connectivity index is 1.76. The molecular weight excluding hydrogens is 342 g/mol. The number of pyridine rings is 1. The zero-order chi connectivity index (χ0) is 19.1. The highest BCUT2D eigenvalue weighted by molar-refractivity contribution is 5.75. The first kappa shape index (κ1) is 16.9. The fraction of sp³-hybridized carbons (Fsp3) is 0.368. The van der Waals surface area contributed by atoms with Crippen LogP contribution in [0.5, 0.6) is 5.75 Å². The molecular formula is C19H19N7O. The van der Waals surface area contributed by atoms with Crippen LogP contribution in [0.3, 0.4) is 0 Å². The van der Waals surface area contributed by atoms with Gasteiger partial charge < -0.3 is 9.64 Å². The van der Waals surface area contributed by atoms with Crippen LogP contribution >= 0.6 is 0 Å². The van der Waals surface area contributed by atoms with Gasteiger partial charge in [-0.3, -0.25) is 4.68 Å². The molecule has 27 heavy (non-hydrogen) atoms. The van der Waals surface area contributed by atoms with Gasteiger partial charge in [0.25, 0.3) is 0 Å². The van der Waals surface area contributed by atoms with Gasteiger partial charge >= 0.3 is 0 Å². The van der Waals surface area contributed by atoms with Crippen molar-refractivity contribution in [1.29, 1.82) is 10.5 Å². The average molecular weight is 361 g/mol. The van der Waals surface area contributed by atoms with E-state index in [4.69, 9.17) is 4.74 Å². The van der Waals surface area contributed by atoms with E-state index in [1.165, 1.54) is 6.20 Å². The zero-order valence-electron chi connectivity index (χ0n) is 15.4. The molecule has 0 saturated carbocycles. The second-order valence-electron chi connectivity index (χ2n) is 6.84. The summed E-state index contributed by atoms with van der Waals surface area (Å²) in [7, 11) is 1.58. The topological polar surface area (TPSA) is 95.2 Å². The van der Waals surface area contributed by atoms with Crippen LogP contribution in [0.15, 0.2) is 24.7 Å². The zero-order valence-corrected chi connectivity index (χ0v) is 15.4. The molecule has 136 valence electrons. The summed E-state index contributed by atoms with van der Waals surface area (Å²) in [5.74, 6) is 0.596. The maximum Gasteiger partial charge on any atom is 0.179 e. The molecule has 0 bridgehead atoms. The molecule has 1 saturated heterocycles. The predicted molar refractivity (Wildman–Crippen MR) is 97.9 cm³/mol. The van der Waals surface area contributed by atoms with Crippen molar-refractivity contribution in [3.05, 3.63) is 35.9 Å². The Morgan fingerprint density at radius 2 is 2.07 bits per heavy atom. The SMILES string of the molecule is COc1cc(-c2cnn([C@@H]3C[C@@H](C)N(C#N)C3)c2C)cn2ncc(C#N)c12. The highest BCUT2D eigenvalue weighted by atomic mass is 16.5. The first-order chi connectivity index (χ1) is 13.1. The molecule has 0 amide bonds. The summed E-state index contributed by atoms with van der Waals surface area (Å²) in [5, 5.41) is 27.4. The Bertz CT molecular complexity index is 1100. The van der Waals surface area contributed by atoms with Crippen molar-refractivity contribution in [2.45, 2.75) is 32.4 Å². The molecule has 1 fully saturated rings. The lowest BCUT2D eigenvalue weighted by molar-refractivity contribution is 0.378. The number of nitrogens with zero attached hydrogens (tertiary/aromatic N) is 7. The van der Waals surface area contributed by atoms with Gasteiger partial charge in [-0.2, -0.15) is 20.7 Å². The number of methoxy groups -OCH3 is 1. The highest BCUT2D eigenvalue weighted by Gasteiger charge is 2.31. The summed E-state index contributed by atoms with van der Waals surface area (Å²) >= 11 is 0. The third kappa shape index (κ3) is 2.58. The summed E-state index contributed by atoms with van der Waals surface area (Å²) in [5.41, 5.74) is 4.05. The molecule has 3 aromatic heterocycles. The Morgan fingerprint density at radius 1 is 1.26 bits per heavy atom. The van der Waals surface area contributed by atoms with E-state index in [0.717, 1.165) is 23.2 Å². The molecule has 4 heterocycles. The molecule has 0 aromatic carbocycles. The van der Waals surface area contributed by atoms with Crippen molar-refractivity contribution in [2.75, 3.05) is 13.7 Å². The number of ether oxygens (including phenoxy) is 1. The van der Waals surface area contributed by atoms with Crippen LogP contribution in [0.4, 0.5) is 0 Å². The smallest absolute Gasteiger partial charge is 0.179 e. The van der Waals surface area contributed by atoms with E-state index in [2.05, 4.69) is 29.4 Å². The fourth-order valence-corrected chi connectivity index (χ4v) is 3.86. The van der Waals surface area contributed by atoms with Crippen molar-refractivity contribution in [1.82, 2.24) is 24.3 Å². The molecule has 3 aromatic rings. The molecule has 0 radical (unpaired) electrons. The van der Waals surface area contributed by atoms with Crippen molar-refractivity contribution < 1.29 is 4.74 Å². The Kier molecular flexibility index (Phi) is 3.97. The average Bonchev–Trinajstić information content (AvgIpc) is 3.36. The van der Waals surface area contributed by atoms with Crippen molar-refractivity contribution in [3.8, 4) is 29.1 Å². The third-order valence-electron chi connectivity index (χ3n) is 5.30. The van der Waals surface area contributed by atoms with Crippen LogP contribution < -0.4 is 4.74 Å². The lowest BCUT2D eigenvalue weighted by atomic mass is 10.1. The molecule has 0 aliphatic carbocycles. The second-order valence-corrected chi connectivity index (χ2v) is 6.84. The molecule has 1 aliphatic rings. The summed E-state index contributed by atoms with van der Waals surface area (Å²) < 4.78 is 9.17. The first-order valence-corrected chi connectivity index (χ1v) is 8.73. The summed E-state index contributed by atoms with van der Waals surface area (Å²) in [6.07, 6.45) is 8.40. The Morgan fingerprint density at radius 3 is 2.74 bits per heavy atom.